The number of pyridine rings is 1. The van der Waals surface area contributed by atoms with Crippen LogP contribution in [-0.4, -0.2) is 50.4 Å². The number of hydrogen-bond acceptors (Lipinski definition) is 5. The van der Waals surface area contributed by atoms with Crippen LogP contribution in [0.3, 0.4) is 0 Å². The zero-order valence-electron chi connectivity index (χ0n) is 15.7. The highest BCUT2D eigenvalue weighted by Crippen LogP contribution is 2.39. The van der Waals surface area contributed by atoms with Crippen LogP contribution in [0.25, 0.3) is 0 Å². The molecular weight excluding hydrogens is 389 g/mol. The molecule has 1 saturated carbocycles. The molecule has 0 amide bonds. The summed E-state index contributed by atoms with van der Waals surface area (Å²) in [5, 5.41) is 4.75. The first-order valence-electron chi connectivity index (χ1n) is 9.55. The van der Waals surface area contributed by atoms with Crippen molar-refractivity contribution in [3.05, 3.63) is 34.5 Å². The van der Waals surface area contributed by atoms with Gasteiger partial charge in [0.25, 0.3) is 0 Å². The van der Waals surface area contributed by atoms with Gasteiger partial charge in [0.2, 0.25) is 0 Å². The topological polar surface area (TPSA) is 42.1 Å². The molecule has 4 rings (SSSR count). The Morgan fingerprint density at radius 3 is 2.39 bits per heavy atom. The molecule has 1 aliphatic carbocycles. The van der Waals surface area contributed by atoms with Crippen LogP contribution in [0.5, 0.6) is 0 Å². The molecule has 1 saturated heterocycles. The SMILES string of the molecule is CCn1c(C2CC2)nn(CN2CCN(c3ccc(C(F)(F)F)cn3)CC2)c1=S. The molecule has 0 aromatic carbocycles. The Morgan fingerprint density at radius 2 is 1.86 bits per heavy atom. The molecule has 0 bridgehead atoms. The second kappa shape index (κ2) is 7.47. The van der Waals surface area contributed by atoms with Gasteiger partial charge in [-0.15, -0.1) is 0 Å². The first-order valence-corrected chi connectivity index (χ1v) is 9.95. The van der Waals surface area contributed by atoms with Gasteiger partial charge in [0.15, 0.2) is 4.77 Å². The van der Waals surface area contributed by atoms with Gasteiger partial charge in [-0.2, -0.15) is 18.3 Å². The van der Waals surface area contributed by atoms with Crippen molar-refractivity contribution < 1.29 is 13.2 Å². The number of anilines is 1. The number of hydrogen-bond donors (Lipinski definition) is 0. The smallest absolute Gasteiger partial charge is 0.354 e. The quantitative estimate of drug-likeness (QED) is 0.703. The summed E-state index contributed by atoms with van der Waals surface area (Å²) in [5.41, 5.74) is -0.720. The Balaban J connectivity index is 1.38. The monoisotopic (exact) mass is 412 g/mol. The van der Waals surface area contributed by atoms with Crippen LogP contribution in [-0.2, 0) is 19.4 Å². The predicted octanol–water partition coefficient (Wildman–Crippen LogP) is 3.50. The van der Waals surface area contributed by atoms with Crippen molar-refractivity contribution >= 4 is 18.0 Å². The van der Waals surface area contributed by atoms with E-state index in [1.54, 1.807) is 0 Å². The van der Waals surface area contributed by atoms with Gasteiger partial charge in [-0.1, -0.05) is 0 Å². The van der Waals surface area contributed by atoms with E-state index >= 15 is 0 Å². The zero-order valence-corrected chi connectivity index (χ0v) is 16.5. The van der Waals surface area contributed by atoms with E-state index in [1.807, 2.05) is 9.58 Å². The molecule has 6 nitrogen and oxygen atoms in total. The van der Waals surface area contributed by atoms with E-state index in [0.29, 0.717) is 31.5 Å². The fourth-order valence-electron chi connectivity index (χ4n) is 3.54. The van der Waals surface area contributed by atoms with Gasteiger partial charge < -0.3 is 9.47 Å². The molecule has 2 aromatic heterocycles. The summed E-state index contributed by atoms with van der Waals surface area (Å²) < 4.78 is 42.8. The minimum absolute atomic E-state index is 0.547. The Bertz CT molecular complexity index is 876. The number of nitrogens with zero attached hydrogens (tertiary/aromatic N) is 6. The lowest BCUT2D eigenvalue weighted by Crippen LogP contribution is -2.47. The fraction of sp³-hybridized carbons (Fsp3) is 0.611. The predicted molar refractivity (Wildman–Crippen MR) is 102 cm³/mol. The molecule has 3 heterocycles. The lowest BCUT2D eigenvalue weighted by Gasteiger charge is -2.35. The summed E-state index contributed by atoms with van der Waals surface area (Å²) in [7, 11) is 0. The van der Waals surface area contributed by atoms with Crippen LogP contribution in [0.1, 0.15) is 37.1 Å². The lowest BCUT2D eigenvalue weighted by atomic mass is 10.2. The molecule has 0 N–H and O–H groups in total. The summed E-state index contributed by atoms with van der Waals surface area (Å²) in [6.45, 7) is 6.52. The number of aromatic nitrogens is 4. The second-order valence-electron chi connectivity index (χ2n) is 7.31. The van der Waals surface area contributed by atoms with Crippen LogP contribution in [0.4, 0.5) is 19.0 Å². The first kappa shape index (κ1) is 19.4. The molecule has 152 valence electrons. The zero-order chi connectivity index (χ0) is 19.9. The van der Waals surface area contributed by atoms with Crippen molar-refractivity contribution in [1.29, 1.82) is 0 Å². The van der Waals surface area contributed by atoms with Crippen LogP contribution in [0.15, 0.2) is 18.3 Å². The van der Waals surface area contributed by atoms with Gasteiger partial charge in [0.1, 0.15) is 11.6 Å². The Hall–Kier alpha value is -1.94. The van der Waals surface area contributed by atoms with Gasteiger partial charge in [0.05, 0.1) is 12.2 Å². The molecule has 2 aliphatic rings. The summed E-state index contributed by atoms with van der Waals surface area (Å²) in [6.07, 6.45) is -1.09. The van der Waals surface area contributed by atoms with Gasteiger partial charge >= 0.3 is 6.18 Å². The van der Waals surface area contributed by atoms with Crippen LogP contribution in [0.2, 0.25) is 0 Å². The number of halogens is 3. The molecule has 10 heteroatoms. The molecule has 2 fully saturated rings. The maximum Gasteiger partial charge on any atom is 0.417 e. The third kappa shape index (κ3) is 3.93. The van der Waals surface area contributed by atoms with E-state index < -0.39 is 11.7 Å². The number of piperazine rings is 1. The van der Waals surface area contributed by atoms with Crippen molar-refractivity contribution in [3.63, 3.8) is 0 Å². The molecule has 0 atom stereocenters. The average molecular weight is 412 g/mol. The second-order valence-corrected chi connectivity index (χ2v) is 7.67. The molecule has 0 radical (unpaired) electrons. The van der Waals surface area contributed by atoms with Crippen molar-refractivity contribution in [3.8, 4) is 0 Å². The first-order chi connectivity index (χ1) is 13.4. The summed E-state index contributed by atoms with van der Waals surface area (Å²) in [6, 6.07) is 2.53. The Labute approximate surface area is 166 Å². The van der Waals surface area contributed by atoms with Crippen molar-refractivity contribution in [1.82, 2.24) is 24.2 Å². The maximum absolute atomic E-state index is 12.7. The van der Waals surface area contributed by atoms with Gasteiger partial charge in [-0.05, 0) is 44.1 Å². The minimum atomic E-state index is -4.36. The Morgan fingerprint density at radius 1 is 1.14 bits per heavy atom. The molecule has 2 aromatic rings. The molecule has 28 heavy (non-hydrogen) atoms. The normalized spacial score (nSPS) is 18.6. The van der Waals surface area contributed by atoms with E-state index in [1.165, 1.54) is 18.9 Å². The van der Waals surface area contributed by atoms with Crippen LogP contribution >= 0.6 is 12.2 Å². The third-order valence-corrected chi connectivity index (χ3v) is 5.75. The van der Waals surface area contributed by atoms with Gasteiger partial charge in [-0.3, -0.25) is 4.90 Å². The number of alkyl halides is 3. The lowest BCUT2D eigenvalue weighted by molar-refractivity contribution is -0.137. The average Bonchev–Trinajstić information content (AvgIpc) is 3.47. The van der Waals surface area contributed by atoms with E-state index in [9.17, 15) is 13.2 Å². The van der Waals surface area contributed by atoms with Gasteiger partial charge in [0, 0.05) is 44.8 Å². The van der Waals surface area contributed by atoms with E-state index in [4.69, 9.17) is 17.3 Å². The molecule has 1 aliphatic heterocycles. The standard InChI is InChI=1S/C18H23F3N6S/c1-2-26-16(13-3-4-13)23-27(17(26)28)12-24-7-9-25(10-8-24)15-6-5-14(11-22-15)18(19,20)21/h5-6,11,13H,2-4,7-10,12H2,1H3. The van der Waals surface area contributed by atoms with Crippen molar-refractivity contribution in [2.24, 2.45) is 0 Å². The van der Waals surface area contributed by atoms with Crippen molar-refractivity contribution in [2.45, 2.75) is 45.1 Å². The van der Waals surface area contributed by atoms with E-state index in [-0.39, 0.29) is 0 Å². The maximum atomic E-state index is 12.7. The molecule has 0 spiro atoms. The highest BCUT2D eigenvalue weighted by Gasteiger charge is 2.32. The highest BCUT2D eigenvalue weighted by molar-refractivity contribution is 7.71. The van der Waals surface area contributed by atoms with E-state index in [2.05, 4.69) is 21.4 Å². The van der Waals surface area contributed by atoms with Gasteiger partial charge in [-0.25, -0.2) is 9.67 Å². The molecule has 0 unspecified atom stereocenters. The minimum Gasteiger partial charge on any atom is -0.354 e. The summed E-state index contributed by atoms with van der Waals surface area (Å²) in [4.78, 5) is 8.27. The molecular formula is C18H23F3N6S. The van der Waals surface area contributed by atoms with Crippen LogP contribution in [0, 0.1) is 4.77 Å². The Kier molecular flexibility index (Phi) is 5.17. The fourth-order valence-corrected chi connectivity index (χ4v) is 3.86. The summed E-state index contributed by atoms with van der Waals surface area (Å²) in [5.74, 6) is 2.22. The van der Waals surface area contributed by atoms with Crippen molar-refractivity contribution in [2.75, 3.05) is 31.1 Å². The van der Waals surface area contributed by atoms with E-state index in [0.717, 1.165) is 42.5 Å². The number of rotatable bonds is 5. The summed E-state index contributed by atoms with van der Waals surface area (Å²) >= 11 is 5.59. The van der Waals surface area contributed by atoms with Crippen LogP contribution < -0.4 is 4.90 Å². The largest absolute Gasteiger partial charge is 0.417 e. The highest BCUT2D eigenvalue weighted by atomic mass is 32.1. The third-order valence-electron chi connectivity index (χ3n) is 5.32.